The Morgan fingerprint density at radius 2 is 1.59 bits per heavy atom. The van der Waals surface area contributed by atoms with Gasteiger partial charge in [-0.15, -0.1) is 0 Å². The van der Waals surface area contributed by atoms with Gasteiger partial charge in [0.05, 0.1) is 0 Å². The van der Waals surface area contributed by atoms with Crippen LogP contribution in [0, 0.1) is 5.41 Å². The van der Waals surface area contributed by atoms with E-state index < -0.39 is 6.09 Å². The van der Waals surface area contributed by atoms with E-state index >= 15 is 0 Å². The summed E-state index contributed by atoms with van der Waals surface area (Å²) < 4.78 is 0. The van der Waals surface area contributed by atoms with Crippen molar-refractivity contribution in [1.82, 2.24) is 9.80 Å². The molecule has 1 aliphatic carbocycles. The molecule has 0 aromatic rings. The molecular formula is C13H22N2O2. The minimum atomic E-state index is -0.747. The van der Waals surface area contributed by atoms with Gasteiger partial charge in [0.15, 0.2) is 0 Å². The smallest absolute Gasteiger partial charge is 0.407 e. The third-order valence-electron chi connectivity index (χ3n) is 4.74. The molecule has 0 radical (unpaired) electrons. The first kappa shape index (κ1) is 11.3. The van der Waals surface area contributed by atoms with E-state index in [1.165, 1.54) is 38.5 Å². The van der Waals surface area contributed by atoms with Gasteiger partial charge in [0.25, 0.3) is 0 Å². The van der Waals surface area contributed by atoms with Crippen molar-refractivity contribution in [1.29, 1.82) is 0 Å². The maximum atomic E-state index is 10.8. The van der Waals surface area contributed by atoms with E-state index in [0.717, 1.165) is 32.2 Å². The molecule has 2 saturated heterocycles. The number of likely N-dealkylation sites (tertiary alicyclic amines) is 2. The molecule has 3 fully saturated rings. The van der Waals surface area contributed by atoms with Crippen molar-refractivity contribution in [3.63, 3.8) is 0 Å². The highest BCUT2D eigenvalue weighted by molar-refractivity contribution is 5.66. The zero-order valence-corrected chi connectivity index (χ0v) is 10.4. The lowest BCUT2D eigenvalue weighted by Gasteiger charge is -2.61. The Labute approximate surface area is 103 Å². The quantitative estimate of drug-likeness (QED) is 0.711. The van der Waals surface area contributed by atoms with E-state index in [4.69, 9.17) is 5.11 Å². The predicted octanol–water partition coefficient (Wildman–Crippen LogP) is 2.00. The molecule has 3 aliphatic rings. The van der Waals surface area contributed by atoms with Gasteiger partial charge in [-0.05, 0) is 12.8 Å². The van der Waals surface area contributed by atoms with Crippen molar-refractivity contribution < 1.29 is 9.90 Å². The van der Waals surface area contributed by atoms with E-state index in [-0.39, 0.29) is 0 Å². The van der Waals surface area contributed by atoms with Crippen molar-refractivity contribution in [2.24, 2.45) is 5.41 Å². The summed E-state index contributed by atoms with van der Waals surface area (Å²) >= 11 is 0. The molecule has 4 nitrogen and oxygen atoms in total. The Bertz CT molecular complexity index is 297. The second kappa shape index (κ2) is 4.16. The van der Waals surface area contributed by atoms with Crippen LogP contribution in [0.3, 0.4) is 0 Å². The Balaban J connectivity index is 1.47. The van der Waals surface area contributed by atoms with Crippen molar-refractivity contribution in [2.75, 3.05) is 26.2 Å². The molecule has 0 unspecified atom stereocenters. The van der Waals surface area contributed by atoms with Gasteiger partial charge in [-0.1, -0.05) is 25.7 Å². The maximum Gasteiger partial charge on any atom is 0.407 e. The van der Waals surface area contributed by atoms with Crippen LogP contribution in [0.4, 0.5) is 4.79 Å². The summed E-state index contributed by atoms with van der Waals surface area (Å²) in [7, 11) is 0. The third kappa shape index (κ3) is 2.03. The number of hydrogen-bond donors (Lipinski definition) is 1. The average Bonchev–Trinajstić information content (AvgIpc) is 2.41. The van der Waals surface area contributed by atoms with E-state index in [1.54, 1.807) is 4.90 Å². The summed E-state index contributed by atoms with van der Waals surface area (Å²) in [4.78, 5) is 14.9. The van der Waals surface area contributed by atoms with Gasteiger partial charge >= 0.3 is 6.09 Å². The van der Waals surface area contributed by atoms with Crippen LogP contribution < -0.4 is 0 Å². The lowest BCUT2D eigenvalue weighted by atomic mass is 9.72. The normalized spacial score (nSPS) is 29.5. The molecule has 2 aliphatic heterocycles. The Morgan fingerprint density at radius 1 is 1.00 bits per heavy atom. The fourth-order valence-electron chi connectivity index (χ4n) is 3.80. The molecule has 17 heavy (non-hydrogen) atoms. The molecule has 2 heterocycles. The van der Waals surface area contributed by atoms with Crippen LogP contribution in [0.5, 0.6) is 0 Å². The molecule has 96 valence electrons. The highest BCUT2D eigenvalue weighted by atomic mass is 16.4. The molecule has 0 bridgehead atoms. The first-order chi connectivity index (χ1) is 8.19. The second-order valence-electron chi connectivity index (χ2n) is 6.19. The van der Waals surface area contributed by atoms with Gasteiger partial charge in [0, 0.05) is 37.6 Å². The average molecular weight is 238 g/mol. The number of nitrogens with zero attached hydrogens (tertiary/aromatic N) is 2. The van der Waals surface area contributed by atoms with Crippen molar-refractivity contribution in [3.8, 4) is 0 Å². The second-order valence-corrected chi connectivity index (χ2v) is 6.19. The van der Waals surface area contributed by atoms with Gasteiger partial charge in [0.1, 0.15) is 0 Å². The minimum absolute atomic E-state index is 0.338. The van der Waals surface area contributed by atoms with Crippen molar-refractivity contribution >= 4 is 6.09 Å². The molecule has 1 N–H and O–H groups in total. The molecule has 0 atom stereocenters. The highest BCUT2D eigenvalue weighted by Crippen LogP contribution is 2.42. The van der Waals surface area contributed by atoms with Crippen molar-refractivity contribution in [3.05, 3.63) is 0 Å². The van der Waals surface area contributed by atoms with Gasteiger partial charge in [-0.2, -0.15) is 0 Å². The fourth-order valence-corrected chi connectivity index (χ4v) is 3.80. The van der Waals surface area contributed by atoms with Gasteiger partial charge < -0.3 is 10.0 Å². The first-order valence-electron chi connectivity index (χ1n) is 6.91. The van der Waals surface area contributed by atoms with Crippen molar-refractivity contribution in [2.45, 2.75) is 44.6 Å². The van der Waals surface area contributed by atoms with Gasteiger partial charge in [-0.25, -0.2) is 4.79 Å². The number of rotatable bonds is 1. The standard InChI is InChI=1S/C13H22N2O2/c16-12(17)15-9-13(10-15)7-14(8-13)11-5-3-1-2-4-6-11/h11H,1-10H2,(H,16,17). The summed E-state index contributed by atoms with van der Waals surface area (Å²) in [6.45, 7) is 3.82. The van der Waals surface area contributed by atoms with Crippen LogP contribution in [0.15, 0.2) is 0 Å². The summed E-state index contributed by atoms with van der Waals surface area (Å²) in [5.41, 5.74) is 0.338. The van der Waals surface area contributed by atoms with Crippen LogP contribution >= 0.6 is 0 Å². The van der Waals surface area contributed by atoms with E-state index in [1.807, 2.05) is 0 Å². The zero-order chi connectivity index (χ0) is 11.9. The molecule has 1 spiro atoms. The molecule has 1 saturated carbocycles. The third-order valence-corrected chi connectivity index (χ3v) is 4.74. The topological polar surface area (TPSA) is 43.8 Å². The molecule has 1 amide bonds. The molecule has 0 aromatic heterocycles. The molecule has 0 aromatic carbocycles. The number of carboxylic acid groups (broad SMARTS) is 1. The Hall–Kier alpha value is -0.770. The van der Waals surface area contributed by atoms with E-state index in [0.29, 0.717) is 5.41 Å². The summed E-state index contributed by atoms with van der Waals surface area (Å²) in [6, 6.07) is 0.794. The van der Waals surface area contributed by atoms with E-state index in [9.17, 15) is 4.79 Å². The van der Waals surface area contributed by atoms with E-state index in [2.05, 4.69) is 4.90 Å². The minimum Gasteiger partial charge on any atom is -0.465 e. The lowest BCUT2D eigenvalue weighted by molar-refractivity contribution is -0.119. The maximum absolute atomic E-state index is 10.8. The van der Waals surface area contributed by atoms with Crippen LogP contribution in [0.25, 0.3) is 0 Å². The van der Waals surface area contributed by atoms with Crippen LogP contribution in [-0.4, -0.2) is 53.2 Å². The first-order valence-corrected chi connectivity index (χ1v) is 6.91. The Kier molecular flexibility index (Phi) is 2.77. The highest BCUT2D eigenvalue weighted by Gasteiger charge is 2.54. The SMILES string of the molecule is O=C(O)N1CC2(C1)CN(C1CCCCCC1)C2. The van der Waals surface area contributed by atoms with Crippen LogP contribution in [0.2, 0.25) is 0 Å². The molecular weight excluding hydrogens is 216 g/mol. The van der Waals surface area contributed by atoms with Crippen LogP contribution in [0.1, 0.15) is 38.5 Å². The largest absolute Gasteiger partial charge is 0.465 e. The number of amides is 1. The predicted molar refractivity (Wildman–Crippen MR) is 65.1 cm³/mol. The molecule has 4 heteroatoms. The van der Waals surface area contributed by atoms with Gasteiger partial charge in [-0.3, -0.25) is 4.90 Å². The monoisotopic (exact) mass is 238 g/mol. The zero-order valence-electron chi connectivity index (χ0n) is 10.4. The number of carbonyl (C=O) groups is 1. The summed E-state index contributed by atoms with van der Waals surface area (Å²) in [5, 5.41) is 8.85. The molecule has 3 rings (SSSR count). The Morgan fingerprint density at radius 3 is 2.12 bits per heavy atom. The lowest BCUT2D eigenvalue weighted by Crippen LogP contribution is -2.74. The number of hydrogen-bond acceptors (Lipinski definition) is 2. The summed E-state index contributed by atoms with van der Waals surface area (Å²) in [6.07, 6.45) is 7.55. The fraction of sp³-hybridized carbons (Fsp3) is 0.923. The van der Waals surface area contributed by atoms with Crippen LogP contribution in [-0.2, 0) is 0 Å². The summed E-state index contributed by atoms with van der Waals surface area (Å²) in [5.74, 6) is 0. The van der Waals surface area contributed by atoms with Gasteiger partial charge in [0.2, 0.25) is 0 Å².